The SMILES string of the molecule is CC(Oc1ccc(F)cc1)C(=O)N1CCN(c2ccc(-c3cccs3)nn2)CC1. The van der Waals surface area contributed by atoms with Gasteiger partial charge in [-0.2, -0.15) is 0 Å². The Hall–Kier alpha value is -3.00. The maximum Gasteiger partial charge on any atom is 0.263 e. The van der Waals surface area contributed by atoms with Crippen LogP contribution in [0.3, 0.4) is 0 Å². The normalized spacial score (nSPS) is 15.2. The number of aromatic nitrogens is 2. The van der Waals surface area contributed by atoms with Gasteiger partial charge in [0.15, 0.2) is 11.9 Å². The maximum atomic E-state index is 13.0. The van der Waals surface area contributed by atoms with Gasteiger partial charge in [-0.3, -0.25) is 4.79 Å². The number of thiophene rings is 1. The lowest BCUT2D eigenvalue weighted by molar-refractivity contribution is -0.138. The second-order valence-electron chi connectivity index (χ2n) is 6.78. The minimum Gasteiger partial charge on any atom is -0.481 e. The summed E-state index contributed by atoms with van der Waals surface area (Å²) in [6, 6.07) is 13.6. The van der Waals surface area contributed by atoms with Gasteiger partial charge in [0.1, 0.15) is 17.3 Å². The third kappa shape index (κ3) is 4.54. The number of carbonyl (C=O) groups excluding carboxylic acids is 1. The van der Waals surface area contributed by atoms with Crippen LogP contribution in [0.25, 0.3) is 10.6 Å². The molecule has 150 valence electrons. The summed E-state index contributed by atoms with van der Waals surface area (Å²) in [5.74, 6) is 0.882. The van der Waals surface area contributed by atoms with E-state index in [1.165, 1.54) is 24.3 Å². The highest BCUT2D eigenvalue weighted by molar-refractivity contribution is 7.13. The van der Waals surface area contributed by atoms with Crippen molar-refractivity contribution in [2.45, 2.75) is 13.0 Å². The van der Waals surface area contributed by atoms with Crippen molar-refractivity contribution < 1.29 is 13.9 Å². The molecule has 0 N–H and O–H groups in total. The molecular weight excluding hydrogens is 391 g/mol. The summed E-state index contributed by atoms with van der Waals surface area (Å²) in [6.07, 6.45) is -0.628. The van der Waals surface area contributed by atoms with Gasteiger partial charge in [-0.1, -0.05) is 6.07 Å². The van der Waals surface area contributed by atoms with Gasteiger partial charge in [0.25, 0.3) is 5.91 Å². The molecule has 0 radical (unpaired) electrons. The van der Waals surface area contributed by atoms with Crippen LogP contribution in [0.2, 0.25) is 0 Å². The summed E-state index contributed by atoms with van der Waals surface area (Å²) >= 11 is 1.63. The van der Waals surface area contributed by atoms with E-state index in [4.69, 9.17) is 4.74 Å². The van der Waals surface area contributed by atoms with E-state index in [0.717, 1.165) is 16.4 Å². The molecule has 8 heteroatoms. The fraction of sp³-hybridized carbons (Fsp3) is 0.286. The minimum absolute atomic E-state index is 0.0758. The number of ether oxygens (including phenoxy) is 1. The number of carbonyl (C=O) groups is 1. The van der Waals surface area contributed by atoms with Gasteiger partial charge >= 0.3 is 0 Å². The van der Waals surface area contributed by atoms with Crippen molar-refractivity contribution in [1.29, 1.82) is 0 Å². The predicted octanol–water partition coefficient (Wildman–Crippen LogP) is 3.46. The van der Waals surface area contributed by atoms with E-state index >= 15 is 0 Å². The molecule has 6 nitrogen and oxygen atoms in total. The molecule has 1 saturated heterocycles. The van der Waals surface area contributed by atoms with Crippen molar-refractivity contribution in [1.82, 2.24) is 15.1 Å². The third-order valence-electron chi connectivity index (χ3n) is 4.81. The number of amides is 1. The molecule has 1 atom stereocenters. The first-order valence-electron chi connectivity index (χ1n) is 9.44. The second-order valence-corrected chi connectivity index (χ2v) is 7.73. The van der Waals surface area contributed by atoms with Crippen LogP contribution in [0.15, 0.2) is 53.9 Å². The van der Waals surface area contributed by atoms with E-state index in [1.807, 2.05) is 29.6 Å². The zero-order valence-electron chi connectivity index (χ0n) is 16.0. The van der Waals surface area contributed by atoms with Crippen molar-refractivity contribution in [3.63, 3.8) is 0 Å². The monoisotopic (exact) mass is 412 g/mol. The Kier molecular flexibility index (Phi) is 5.71. The second kappa shape index (κ2) is 8.57. The van der Waals surface area contributed by atoms with Crippen LogP contribution in [0.5, 0.6) is 5.75 Å². The molecular formula is C21H21FN4O2S. The Balaban J connectivity index is 1.31. The molecule has 1 amide bonds. The van der Waals surface area contributed by atoms with Gasteiger partial charge in [-0.05, 0) is 54.8 Å². The van der Waals surface area contributed by atoms with Crippen LogP contribution in [0.4, 0.5) is 10.2 Å². The van der Waals surface area contributed by atoms with Gasteiger partial charge in [-0.25, -0.2) is 4.39 Å². The Morgan fingerprint density at radius 2 is 1.83 bits per heavy atom. The lowest BCUT2D eigenvalue weighted by atomic mass is 10.2. The van der Waals surface area contributed by atoms with Crippen molar-refractivity contribution >= 4 is 23.1 Å². The maximum absolute atomic E-state index is 13.0. The average Bonchev–Trinajstić information content (AvgIpc) is 3.30. The van der Waals surface area contributed by atoms with Gasteiger partial charge < -0.3 is 14.5 Å². The topological polar surface area (TPSA) is 58.6 Å². The van der Waals surface area contributed by atoms with Crippen LogP contribution in [0, 0.1) is 5.82 Å². The number of hydrogen-bond donors (Lipinski definition) is 0. The van der Waals surface area contributed by atoms with E-state index in [2.05, 4.69) is 15.1 Å². The van der Waals surface area contributed by atoms with Gasteiger partial charge in [0.05, 0.1) is 4.88 Å². The first kappa shape index (κ1) is 19.3. The van der Waals surface area contributed by atoms with Crippen LogP contribution in [-0.4, -0.2) is 53.3 Å². The smallest absolute Gasteiger partial charge is 0.263 e. The van der Waals surface area contributed by atoms with Crippen molar-refractivity contribution in [2.75, 3.05) is 31.1 Å². The molecule has 1 aliphatic rings. The lowest BCUT2D eigenvalue weighted by Gasteiger charge is -2.36. The molecule has 3 heterocycles. The van der Waals surface area contributed by atoms with Crippen molar-refractivity contribution in [3.05, 3.63) is 59.7 Å². The van der Waals surface area contributed by atoms with Crippen molar-refractivity contribution in [3.8, 4) is 16.3 Å². The highest BCUT2D eigenvalue weighted by Gasteiger charge is 2.26. The number of hydrogen-bond acceptors (Lipinski definition) is 6. The Bertz CT molecular complexity index is 940. The van der Waals surface area contributed by atoms with Gasteiger partial charge in [0.2, 0.25) is 0 Å². The summed E-state index contributed by atoms with van der Waals surface area (Å²) in [5, 5.41) is 10.7. The van der Waals surface area contributed by atoms with E-state index < -0.39 is 6.10 Å². The van der Waals surface area contributed by atoms with Crippen LogP contribution >= 0.6 is 11.3 Å². The van der Waals surface area contributed by atoms with Gasteiger partial charge in [-0.15, -0.1) is 21.5 Å². The first-order valence-corrected chi connectivity index (χ1v) is 10.3. The Morgan fingerprint density at radius 1 is 1.07 bits per heavy atom. The highest BCUT2D eigenvalue weighted by Crippen LogP contribution is 2.23. The summed E-state index contributed by atoms with van der Waals surface area (Å²) in [7, 11) is 0. The van der Waals surface area contributed by atoms with Crippen LogP contribution in [0.1, 0.15) is 6.92 Å². The highest BCUT2D eigenvalue weighted by atomic mass is 32.1. The van der Waals surface area contributed by atoms with E-state index in [9.17, 15) is 9.18 Å². The standard InChI is InChI=1S/C21H21FN4O2S/c1-15(28-17-6-4-16(22)5-7-17)21(27)26-12-10-25(11-13-26)20-9-8-18(23-24-20)19-3-2-14-29-19/h2-9,14-15H,10-13H2,1H3. The number of rotatable bonds is 5. The predicted molar refractivity (Wildman–Crippen MR) is 111 cm³/mol. The minimum atomic E-state index is -0.628. The number of benzene rings is 1. The molecule has 1 fully saturated rings. The number of nitrogens with zero attached hydrogens (tertiary/aromatic N) is 4. The molecule has 1 aromatic carbocycles. The third-order valence-corrected chi connectivity index (χ3v) is 5.71. The first-order chi connectivity index (χ1) is 14.1. The number of piperazine rings is 1. The van der Waals surface area contributed by atoms with Crippen LogP contribution < -0.4 is 9.64 Å². The fourth-order valence-electron chi connectivity index (χ4n) is 3.23. The van der Waals surface area contributed by atoms with E-state index in [1.54, 1.807) is 23.2 Å². The zero-order valence-corrected chi connectivity index (χ0v) is 16.8. The molecule has 0 bridgehead atoms. The molecule has 29 heavy (non-hydrogen) atoms. The quantitative estimate of drug-likeness (QED) is 0.642. The van der Waals surface area contributed by atoms with Crippen LogP contribution in [-0.2, 0) is 4.79 Å². The summed E-state index contributed by atoms with van der Waals surface area (Å²) < 4.78 is 18.7. The largest absolute Gasteiger partial charge is 0.481 e. The van der Waals surface area contributed by atoms with E-state index in [-0.39, 0.29) is 11.7 Å². The number of anilines is 1. The lowest BCUT2D eigenvalue weighted by Crippen LogP contribution is -2.52. The average molecular weight is 412 g/mol. The molecule has 4 rings (SSSR count). The molecule has 2 aromatic heterocycles. The Morgan fingerprint density at radius 3 is 2.45 bits per heavy atom. The Labute approximate surface area is 172 Å². The summed E-state index contributed by atoms with van der Waals surface area (Å²) in [4.78, 5) is 17.7. The van der Waals surface area contributed by atoms with E-state index in [0.29, 0.717) is 31.9 Å². The molecule has 0 saturated carbocycles. The summed E-state index contributed by atoms with van der Waals surface area (Å²) in [6.45, 7) is 4.26. The molecule has 0 spiro atoms. The molecule has 1 aliphatic heterocycles. The molecule has 1 unspecified atom stereocenters. The fourth-order valence-corrected chi connectivity index (χ4v) is 3.92. The van der Waals surface area contributed by atoms with Crippen molar-refractivity contribution in [2.24, 2.45) is 0 Å². The number of halogens is 1. The summed E-state index contributed by atoms with van der Waals surface area (Å²) in [5.41, 5.74) is 0.865. The molecule has 3 aromatic rings. The molecule has 0 aliphatic carbocycles. The van der Waals surface area contributed by atoms with Gasteiger partial charge in [0, 0.05) is 26.2 Å². The zero-order chi connectivity index (χ0) is 20.2.